The molecule has 1 atom stereocenters. The molecule has 0 spiro atoms. The lowest BCUT2D eigenvalue weighted by Crippen LogP contribution is -2.34. The standard InChI is InChI=1S/C12H14BrNO4S/c1-7(8-2-3-8)14-19(17,18)11-5-4-9(12(15)16)6-10(11)13/h4-8,14H,2-3H2,1H3,(H,15,16). The minimum atomic E-state index is -3.63. The lowest BCUT2D eigenvalue weighted by atomic mass is 10.2. The van der Waals surface area contributed by atoms with Crippen LogP contribution in [-0.2, 0) is 10.0 Å². The number of hydrogen-bond donors (Lipinski definition) is 2. The van der Waals surface area contributed by atoms with Gasteiger partial charge in [-0.2, -0.15) is 0 Å². The largest absolute Gasteiger partial charge is 0.478 e. The smallest absolute Gasteiger partial charge is 0.335 e. The van der Waals surface area contributed by atoms with E-state index < -0.39 is 16.0 Å². The third-order valence-corrected chi connectivity index (χ3v) is 5.67. The summed E-state index contributed by atoms with van der Waals surface area (Å²) in [4.78, 5) is 10.9. The van der Waals surface area contributed by atoms with Crippen molar-refractivity contribution in [2.24, 2.45) is 5.92 Å². The van der Waals surface area contributed by atoms with E-state index in [2.05, 4.69) is 20.7 Å². The molecule has 1 fully saturated rings. The quantitative estimate of drug-likeness (QED) is 0.855. The van der Waals surface area contributed by atoms with Crippen molar-refractivity contribution in [2.45, 2.75) is 30.7 Å². The summed E-state index contributed by atoms with van der Waals surface area (Å²) >= 11 is 3.11. The van der Waals surface area contributed by atoms with Crippen molar-refractivity contribution in [3.63, 3.8) is 0 Å². The molecule has 0 bridgehead atoms. The van der Waals surface area contributed by atoms with Gasteiger partial charge < -0.3 is 5.11 Å². The van der Waals surface area contributed by atoms with Gasteiger partial charge in [0, 0.05) is 10.5 Å². The highest BCUT2D eigenvalue weighted by molar-refractivity contribution is 9.10. The van der Waals surface area contributed by atoms with Gasteiger partial charge in [0.2, 0.25) is 10.0 Å². The second-order valence-corrected chi connectivity index (χ2v) is 7.23. The first-order valence-electron chi connectivity index (χ1n) is 5.86. The Labute approximate surface area is 120 Å². The summed E-state index contributed by atoms with van der Waals surface area (Å²) in [5, 5.41) is 8.84. The summed E-state index contributed by atoms with van der Waals surface area (Å²) in [6.07, 6.45) is 2.09. The normalized spacial score (nSPS) is 17.2. The molecule has 0 aromatic heterocycles. The predicted molar refractivity (Wildman–Crippen MR) is 73.6 cm³/mol. The Kier molecular flexibility index (Phi) is 3.98. The average molecular weight is 348 g/mol. The molecule has 0 heterocycles. The van der Waals surface area contributed by atoms with Gasteiger partial charge in [-0.05, 0) is 59.8 Å². The van der Waals surface area contributed by atoms with Crippen LogP contribution in [0.1, 0.15) is 30.1 Å². The Hall–Kier alpha value is -0.920. The lowest BCUT2D eigenvalue weighted by molar-refractivity contribution is 0.0696. The molecular formula is C12H14BrNO4S. The number of aromatic carboxylic acids is 1. The first-order chi connectivity index (χ1) is 8.81. The summed E-state index contributed by atoms with van der Waals surface area (Å²) in [5.41, 5.74) is 0.0427. The van der Waals surface area contributed by atoms with Crippen molar-refractivity contribution in [1.82, 2.24) is 4.72 Å². The van der Waals surface area contributed by atoms with Crippen LogP contribution in [0.15, 0.2) is 27.6 Å². The van der Waals surface area contributed by atoms with Gasteiger partial charge in [-0.25, -0.2) is 17.9 Å². The van der Waals surface area contributed by atoms with E-state index in [1.807, 2.05) is 6.92 Å². The number of halogens is 1. The zero-order valence-corrected chi connectivity index (χ0v) is 12.7. The number of carboxylic acid groups (broad SMARTS) is 1. The van der Waals surface area contributed by atoms with Crippen LogP contribution in [0.4, 0.5) is 0 Å². The first-order valence-corrected chi connectivity index (χ1v) is 8.14. The minimum absolute atomic E-state index is 0.0427. The van der Waals surface area contributed by atoms with Crippen LogP contribution in [0.3, 0.4) is 0 Å². The van der Waals surface area contributed by atoms with Crippen LogP contribution in [0.25, 0.3) is 0 Å². The first kappa shape index (κ1) is 14.5. The number of hydrogen-bond acceptors (Lipinski definition) is 3. The van der Waals surface area contributed by atoms with E-state index in [0.717, 1.165) is 12.8 Å². The molecule has 2 N–H and O–H groups in total. The fraction of sp³-hybridized carbons (Fsp3) is 0.417. The molecule has 1 aromatic carbocycles. The van der Waals surface area contributed by atoms with Crippen molar-refractivity contribution >= 4 is 31.9 Å². The van der Waals surface area contributed by atoms with Crippen molar-refractivity contribution < 1.29 is 18.3 Å². The average Bonchev–Trinajstić information content (AvgIpc) is 3.11. The lowest BCUT2D eigenvalue weighted by Gasteiger charge is -2.14. The van der Waals surface area contributed by atoms with Crippen molar-refractivity contribution in [3.8, 4) is 0 Å². The van der Waals surface area contributed by atoms with Gasteiger partial charge in [0.25, 0.3) is 0 Å². The highest BCUT2D eigenvalue weighted by atomic mass is 79.9. The molecule has 19 heavy (non-hydrogen) atoms. The molecule has 1 saturated carbocycles. The maximum Gasteiger partial charge on any atom is 0.335 e. The van der Waals surface area contributed by atoms with Crippen LogP contribution < -0.4 is 4.72 Å². The Morgan fingerprint density at radius 1 is 1.47 bits per heavy atom. The second-order valence-electron chi connectivity index (χ2n) is 4.70. The van der Waals surface area contributed by atoms with Gasteiger partial charge in [-0.15, -0.1) is 0 Å². The van der Waals surface area contributed by atoms with Gasteiger partial charge >= 0.3 is 5.97 Å². The van der Waals surface area contributed by atoms with Crippen LogP contribution in [0, 0.1) is 5.92 Å². The molecule has 0 radical (unpaired) electrons. The van der Waals surface area contributed by atoms with Crippen LogP contribution in [0.2, 0.25) is 0 Å². The Bertz CT molecular complexity index is 610. The summed E-state index contributed by atoms with van der Waals surface area (Å²) in [7, 11) is -3.63. The zero-order chi connectivity index (χ0) is 14.2. The molecule has 0 amide bonds. The van der Waals surface area contributed by atoms with Crippen molar-refractivity contribution in [3.05, 3.63) is 28.2 Å². The van der Waals surface area contributed by atoms with Crippen LogP contribution in [0.5, 0.6) is 0 Å². The van der Waals surface area contributed by atoms with E-state index in [1.165, 1.54) is 18.2 Å². The minimum Gasteiger partial charge on any atom is -0.478 e. The molecule has 0 saturated heterocycles. The van der Waals surface area contributed by atoms with E-state index >= 15 is 0 Å². The highest BCUT2D eigenvalue weighted by Gasteiger charge is 2.31. The molecule has 1 aliphatic carbocycles. The molecule has 0 aliphatic heterocycles. The molecular weight excluding hydrogens is 334 g/mol. The molecule has 2 rings (SSSR count). The second kappa shape index (κ2) is 5.22. The highest BCUT2D eigenvalue weighted by Crippen LogP contribution is 2.33. The van der Waals surface area contributed by atoms with Gasteiger partial charge in [0.05, 0.1) is 10.5 Å². The number of nitrogens with one attached hydrogen (secondary N) is 1. The Balaban J connectivity index is 2.27. The molecule has 5 nitrogen and oxygen atoms in total. The van der Waals surface area contributed by atoms with E-state index in [4.69, 9.17) is 5.11 Å². The van der Waals surface area contributed by atoms with Crippen LogP contribution >= 0.6 is 15.9 Å². The third kappa shape index (κ3) is 3.34. The molecule has 7 heteroatoms. The molecule has 1 aliphatic rings. The monoisotopic (exact) mass is 347 g/mol. The maximum absolute atomic E-state index is 12.2. The maximum atomic E-state index is 12.2. The van der Waals surface area contributed by atoms with E-state index in [-0.39, 0.29) is 21.0 Å². The van der Waals surface area contributed by atoms with Crippen molar-refractivity contribution in [1.29, 1.82) is 0 Å². The topological polar surface area (TPSA) is 83.5 Å². The van der Waals surface area contributed by atoms with Gasteiger partial charge in [0.15, 0.2) is 0 Å². The van der Waals surface area contributed by atoms with Crippen LogP contribution in [-0.4, -0.2) is 25.5 Å². The van der Waals surface area contributed by atoms with E-state index in [0.29, 0.717) is 5.92 Å². The van der Waals surface area contributed by atoms with Gasteiger partial charge in [-0.3, -0.25) is 0 Å². The number of sulfonamides is 1. The Morgan fingerprint density at radius 3 is 2.58 bits per heavy atom. The summed E-state index contributed by atoms with van der Waals surface area (Å²) in [6.45, 7) is 1.84. The summed E-state index contributed by atoms with van der Waals surface area (Å²) in [5.74, 6) is -0.684. The fourth-order valence-electron chi connectivity index (χ4n) is 1.85. The van der Waals surface area contributed by atoms with Gasteiger partial charge in [-0.1, -0.05) is 0 Å². The Morgan fingerprint density at radius 2 is 2.11 bits per heavy atom. The third-order valence-electron chi connectivity index (χ3n) is 3.14. The van der Waals surface area contributed by atoms with E-state index in [9.17, 15) is 13.2 Å². The predicted octanol–water partition coefficient (Wildman–Crippen LogP) is 2.22. The van der Waals surface area contributed by atoms with E-state index in [1.54, 1.807) is 0 Å². The van der Waals surface area contributed by atoms with Crippen molar-refractivity contribution in [2.75, 3.05) is 0 Å². The molecule has 1 aromatic rings. The summed E-state index contributed by atoms with van der Waals surface area (Å²) in [6, 6.07) is 3.77. The SMILES string of the molecule is CC(NS(=O)(=O)c1ccc(C(=O)O)cc1Br)C1CC1. The molecule has 104 valence electrons. The molecule has 1 unspecified atom stereocenters. The fourth-order valence-corrected chi connectivity index (χ4v) is 4.24. The number of carbonyl (C=O) groups is 1. The van der Waals surface area contributed by atoms with Gasteiger partial charge in [0.1, 0.15) is 0 Å². The summed E-state index contributed by atoms with van der Waals surface area (Å²) < 4.78 is 27.2. The number of benzene rings is 1. The number of rotatable bonds is 5. The number of carboxylic acids is 1. The zero-order valence-electron chi connectivity index (χ0n) is 10.3.